The third-order valence-electron chi connectivity index (χ3n) is 2.96. The molecular formula is C13H18Br2O. The van der Waals surface area contributed by atoms with Gasteiger partial charge >= 0.3 is 0 Å². The zero-order chi connectivity index (χ0) is 12.1. The Labute approximate surface area is 115 Å². The molecule has 0 saturated carbocycles. The molecule has 0 saturated heterocycles. The molecule has 0 spiro atoms. The molecule has 1 aromatic carbocycles. The van der Waals surface area contributed by atoms with E-state index in [-0.39, 0.29) is 0 Å². The number of halogens is 2. The van der Waals surface area contributed by atoms with E-state index in [9.17, 15) is 0 Å². The lowest BCUT2D eigenvalue weighted by Crippen LogP contribution is -2.05. The fraction of sp³-hybridized carbons (Fsp3) is 0.538. The Bertz CT molecular complexity index is 335. The summed E-state index contributed by atoms with van der Waals surface area (Å²) in [6.45, 7) is 4.47. The normalized spacial score (nSPS) is 12.9. The fourth-order valence-electron chi connectivity index (χ4n) is 1.83. The van der Waals surface area contributed by atoms with Gasteiger partial charge in [0.1, 0.15) is 5.75 Å². The van der Waals surface area contributed by atoms with Crippen LogP contribution in [0.2, 0.25) is 0 Å². The molecule has 0 bridgehead atoms. The van der Waals surface area contributed by atoms with Crippen molar-refractivity contribution in [2.45, 2.75) is 31.5 Å². The van der Waals surface area contributed by atoms with Gasteiger partial charge in [-0.25, -0.2) is 0 Å². The van der Waals surface area contributed by atoms with Crippen LogP contribution in [0.25, 0.3) is 0 Å². The number of hydrogen-bond donors (Lipinski definition) is 0. The molecule has 1 atom stereocenters. The summed E-state index contributed by atoms with van der Waals surface area (Å²) in [6, 6.07) is 6.27. The first-order valence-electron chi connectivity index (χ1n) is 5.61. The number of rotatable bonds is 5. The van der Waals surface area contributed by atoms with Crippen molar-refractivity contribution in [3.05, 3.63) is 28.2 Å². The summed E-state index contributed by atoms with van der Waals surface area (Å²) in [5.41, 5.74) is 1.31. The lowest BCUT2D eigenvalue weighted by atomic mass is 9.94. The molecule has 3 heteroatoms. The molecule has 0 aliphatic rings. The Morgan fingerprint density at radius 1 is 1.25 bits per heavy atom. The van der Waals surface area contributed by atoms with Crippen molar-refractivity contribution < 1.29 is 4.74 Å². The number of benzene rings is 1. The molecule has 16 heavy (non-hydrogen) atoms. The van der Waals surface area contributed by atoms with E-state index < -0.39 is 0 Å². The van der Waals surface area contributed by atoms with Gasteiger partial charge in [0.05, 0.1) is 11.6 Å². The Hall–Kier alpha value is -0.0200. The summed E-state index contributed by atoms with van der Waals surface area (Å²) >= 11 is 7.31. The summed E-state index contributed by atoms with van der Waals surface area (Å²) in [7, 11) is 1.69. The van der Waals surface area contributed by atoms with E-state index in [1.807, 2.05) is 6.07 Å². The summed E-state index contributed by atoms with van der Waals surface area (Å²) in [6.07, 6.45) is 2.38. The second kappa shape index (κ2) is 6.65. The van der Waals surface area contributed by atoms with Gasteiger partial charge in [0.2, 0.25) is 0 Å². The summed E-state index contributed by atoms with van der Waals surface area (Å²) in [4.78, 5) is 0.421. The van der Waals surface area contributed by atoms with Crippen molar-refractivity contribution in [1.82, 2.24) is 0 Å². The van der Waals surface area contributed by atoms with Crippen LogP contribution in [0.3, 0.4) is 0 Å². The van der Waals surface area contributed by atoms with Gasteiger partial charge in [0.25, 0.3) is 0 Å². The standard InChI is InChI=1S/C13H18Br2O/c1-4-9(5-2)13(15)10-6-7-12(16-3)11(14)8-10/h6-9,13H,4-5H2,1-3H3. The molecule has 0 N–H and O–H groups in total. The van der Waals surface area contributed by atoms with Crippen LogP contribution in [0, 0.1) is 5.92 Å². The Morgan fingerprint density at radius 2 is 1.88 bits per heavy atom. The van der Waals surface area contributed by atoms with E-state index in [0.29, 0.717) is 10.7 Å². The molecule has 0 amide bonds. The number of alkyl halides is 1. The molecule has 0 fully saturated rings. The van der Waals surface area contributed by atoms with Crippen molar-refractivity contribution in [2.24, 2.45) is 5.92 Å². The van der Waals surface area contributed by atoms with Crippen LogP contribution >= 0.6 is 31.9 Å². The third kappa shape index (κ3) is 3.24. The Morgan fingerprint density at radius 3 is 2.31 bits per heavy atom. The van der Waals surface area contributed by atoms with Crippen LogP contribution in [0.5, 0.6) is 5.75 Å². The summed E-state index contributed by atoms with van der Waals surface area (Å²) < 4.78 is 6.25. The van der Waals surface area contributed by atoms with Crippen molar-refractivity contribution in [2.75, 3.05) is 7.11 Å². The highest BCUT2D eigenvalue weighted by Gasteiger charge is 2.18. The molecule has 1 aromatic rings. The van der Waals surface area contributed by atoms with E-state index in [1.54, 1.807) is 7.11 Å². The molecule has 1 rings (SSSR count). The lowest BCUT2D eigenvalue weighted by molar-refractivity contribution is 0.411. The third-order valence-corrected chi connectivity index (χ3v) is 4.85. The van der Waals surface area contributed by atoms with Gasteiger partial charge in [-0.2, -0.15) is 0 Å². The van der Waals surface area contributed by atoms with Gasteiger partial charge in [-0.1, -0.05) is 48.7 Å². The Balaban J connectivity index is 2.91. The Kier molecular flexibility index (Phi) is 5.84. The quantitative estimate of drug-likeness (QED) is 0.653. The highest BCUT2D eigenvalue weighted by Crippen LogP contribution is 2.38. The molecule has 90 valence electrons. The van der Waals surface area contributed by atoms with Crippen LogP contribution in [-0.4, -0.2) is 7.11 Å². The van der Waals surface area contributed by atoms with Crippen molar-refractivity contribution in [3.63, 3.8) is 0 Å². The first kappa shape index (κ1) is 14.0. The van der Waals surface area contributed by atoms with E-state index in [2.05, 4.69) is 57.8 Å². The summed E-state index contributed by atoms with van der Waals surface area (Å²) in [5.74, 6) is 1.56. The minimum Gasteiger partial charge on any atom is -0.496 e. The lowest BCUT2D eigenvalue weighted by Gasteiger charge is -2.20. The molecule has 0 radical (unpaired) electrons. The van der Waals surface area contributed by atoms with E-state index in [4.69, 9.17) is 4.74 Å². The second-order valence-corrected chi connectivity index (χ2v) is 5.71. The van der Waals surface area contributed by atoms with E-state index in [0.717, 1.165) is 10.2 Å². The van der Waals surface area contributed by atoms with Gasteiger partial charge in [0, 0.05) is 4.83 Å². The van der Waals surface area contributed by atoms with Crippen LogP contribution < -0.4 is 4.74 Å². The van der Waals surface area contributed by atoms with Gasteiger partial charge < -0.3 is 4.74 Å². The molecule has 0 heterocycles. The number of ether oxygens (including phenoxy) is 1. The monoisotopic (exact) mass is 348 g/mol. The highest BCUT2D eigenvalue weighted by molar-refractivity contribution is 9.10. The molecule has 0 aliphatic carbocycles. The zero-order valence-electron chi connectivity index (χ0n) is 9.97. The SMILES string of the molecule is CCC(CC)C(Br)c1ccc(OC)c(Br)c1. The topological polar surface area (TPSA) is 9.23 Å². The predicted molar refractivity (Wildman–Crippen MR) is 76.4 cm³/mol. The maximum atomic E-state index is 5.23. The maximum absolute atomic E-state index is 5.23. The van der Waals surface area contributed by atoms with Gasteiger partial charge in [-0.15, -0.1) is 0 Å². The zero-order valence-corrected chi connectivity index (χ0v) is 13.1. The van der Waals surface area contributed by atoms with Crippen LogP contribution in [0.15, 0.2) is 22.7 Å². The molecule has 1 unspecified atom stereocenters. The first-order valence-corrected chi connectivity index (χ1v) is 7.32. The average Bonchev–Trinajstić information content (AvgIpc) is 2.30. The largest absolute Gasteiger partial charge is 0.496 e. The van der Waals surface area contributed by atoms with Crippen molar-refractivity contribution in [1.29, 1.82) is 0 Å². The van der Waals surface area contributed by atoms with Crippen LogP contribution in [0.1, 0.15) is 37.1 Å². The van der Waals surface area contributed by atoms with E-state index in [1.165, 1.54) is 18.4 Å². The fourth-order valence-corrected chi connectivity index (χ4v) is 3.42. The summed E-state index contributed by atoms with van der Waals surface area (Å²) in [5, 5.41) is 0. The van der Waals surface area contributed by atoms with Gasteiger partial charge in [0.15, 0.2) is 0 Å². The first-order chi connectivity index (χ1) is 7.63. The molecule has 1 nitrogen and oxygen atoms in total. The van der Waals surface area contributed by atoms with Crippen molar-refractivity contribution >= 4 is 31.9 Å². The number of hydrogen-bond acceptors (Lipinski definition) is 1. The highest BCUT2D eigenvalue weighted by atomic mass is 79.9. The second-order valence-electron chi connectivity index (χ2n) is 3.87. The predicted octanol–water partition coefficient (Wildman–Crippen LogP) is 5.33. The van der Waals surface area contributed by atoms with Gasteiger partial charge in [-0.3, -0.25) is 0 Å². The molecule has 0 aliphatic heterocycles. The van der Waals surface area contributed by atoms with E-state index >= 15 is 0 Å². The molecule has 0 aromatic heterocycles. The maximum Gasteiger partial charge on any atom is 0.133 e. The number of methoxy groups -OCH3 is 1. The van der Waals surface area contributed by atoms with Crippen LogP contribution in [0.4, 0.5) is 0 Å². The van der Waals surface area contributed by atoms with Crippen molar-refractivity contribution in [3.8, 4) is 5.75 Å². The minimum absolute atomic E-state index is 0.421. The average molecular weight is 350 g/mol. The van der Waals surface area contributed by atoms with Crippen LogP contribution in [-0.2, 0) is 0 Å². The van der Waals surface area contributed by atoms with Gasteiger partial charge in [-0.05, 0) is 39.5 Å². The minimum atomic E-state index is 0.421. The molecular weight excluding hydrogens is 332 g/mol. The smallest absolute Gasteiger partial charge is 0.133 e.